The van der Waals surface area contributed by atoms with Gasteiger partial charge in [-0.05, 0) is 12.8 Å². The Labute approximate surface area is 55.2 Å². The molecule has 50 valence electrons. The van der Waals surface area contributed by atoms with Crippen molar-refractivity contribution >= 4 is 6.29 Å². The van der Waals surface area contributed by atoms with Gasteiger partial charge in [-0.25, -0.2) is 0 Å². The summed E-state index contributed by atoms with van der Waals surface area (Å²) in [6, 6.07) is 0.0949. The number of likely N-dealkylation sites (N-methyl/N-ethyl adjacent to an activating group) is 1. The molecule has 1 aliphatic rings. The van der Waals surface area contributed by atoms with Crippen molar-refractivity contribution in [1.29, 1.82) is 0 Å². The summed E-state index contributed by atoms with van der Waals surface area (Å²) in [4.78, 5) is 12.2. The molecule has 0 aromatic carbocycles. The topological polar surface area (TPSA) is 20.3 Å². The zero-order valence-corrected chi connectivity index (χ0v) is 5.63. The monoisotopic (exact) mass is 125 g/mol. The van der Waals surface area contributed by atoms with Crippen LogP contribution in [0.25, 0.3) is 0 Å². The maximum Gasteiger partial charge on any atom is 0.142 e. The molecule has 1 fully saturated rings. The van der Waals surface area contributed by atoms with Crippen LogP contribution in [0, 0.1) is 0 Å². The minimum Gasteiger partial charge on any atom is -0.369 e. The van der Waals surface area contributed by atoms with Gasteiger partial charge in [-0.1, -0.05) is 6.58 Å². The van der Waals surface area contributed by atoms with Gasteiger partial charge in [-0.3, -0.25) is 0 Å². The number of hydrogen-bond acceptors (Lipinski definition) is 2. The maximum atomic E-state index is 10.3. The molecule has 2 nitrogen and oxygen atoms in total. The lowest BCUT2D eigenvalue weighted by Gasteiger charge is -2.16. The van der Waals surface area contributed by atoms with E-state index < -0.39 is 0 Å². The smallest absolute Gasteiger partial charge is 0.142 e. The molecule has 1 rings (SSSR count). The van der Waals surface area contributed by atoms with Gasteiger partial charge in [0.15, 0.2) is 0 Å². The Morgan fingerprint density at radius 2 is 2.56 bits per heavy atom. The Balaban J connectivity index is 2.61. The van der Waals surface area contributed by atoms with E-state index in [1.165, 1.54) is 0 Å². The number of likely N-dealkylation sites (tertiary alicyclic amines) is 1. The molecule has 0 spiro atoms. The second-order valence-electron chi connectivity index (χ2n) is 2.42. The first-order chi connectivity index (χ1) is 4.25. The van der Waals surface area contributed by atoms with E-state index >= 15 is 0 Å². The molecule has 1 atom stereocenters. The molecule has 0 bridgehead atoms. The molecule has 0 aromatic heterocycles. The van der Waals surface area contributed by atoms with Crippen molar-refractivity contribution < 1.29 is 4.79 Å². The molecule has 0 aromatic rings. The standard InChI is InChI=1S/C7H11NO/c1-6-3-4-7(5-9)8(6)2/h5,7H,1,3-4H2,2H3. The zero-order valence-electron chi connectivity index (χ0n) is 5.63. The number of nitrogens with zero attached hydrogens (tertiary/aromatic N) is 1. The lowest BCUT2D eigenvalue weighted by molar-refractivity contribution is -0.110. The Hall–Kier alpha value is -0.790. The lowest BCUT2D eigenvalue weighted by Crippen LogP contribution is -2.24. The van der Waals surface area contributed by atoms with Gasteiger partial charge in [-0.15, -0.1) is 0 Å². The van der Waals surface area contributed by atoms with Crippen LogP contribution >= 0.6 is 0 Å². The summed E-state index contributed by atoms with van der Waals surface area (Å²) < 4.78 is 0. The molecular weight excluding hydrogens is 114 g/mol. The van der Waals surface area contributed by atoms with Crippen molar-refractivity contribution in [1.82, 2.24) is 4.90 Å². The summed E-state index contributed by atoms with van der Waals surface area (Å²) in [6.07, 6.45) is 2.90. The maximum absolute atomic E-state index is 10.3. The third kappa shape index (κ3) is 0.969. The molecule has 0 radical (unpaired) electrons. The molecule has 0 aliphatic carbocycles. The Morgan fingerprint density at radius 1 is 1.89 bits per heavy atom. The van der Waals surface area contributed by atoms with Gasteiger partial charge in [0.25, 0.3) is 0 Å². The van der Waals surface area contributed by atoms with Crippen LogP contribution in [0.1, 0.15) is 12.8 Å². The van der Waals surface area contributed by atoms with Crippen LogP contribution in [0.5, 0.6) is 0 Å². The van der Waals surface area contributed by atoms with Crippen LogP contribution in [-0.4, -0.2) is 24.3 Å². The van der Waals surface area contributed by atoms with Crippen LogP contribution in [0.15, 0.2) is 12.3 Å². The Bertz CT molecular complexity index is 142. The first-order valence-corrected chi connectivity index (χ1v) is 3.11. The number of rotatable bonds is 1. The summed E-state index contributed by atoms with van der Waals surface area (Å²) in [6.45, 7) is 3.80. The van der Waals surface area contributed by atoms with Gasteiger partial charge in [0, 0.05) is 12.7 Å². The van der Waals surface area contributed by atoms with Gasteiger partial charge >= 0.3 is 0 Å². The largest absolute Gasteiger partial charge is 0.369 e. The second-order valence-corrected chi connectivity index (χ2v) is 2.42. The van der Waals surface area contributed by atoms with Gasteiger partial charge in [0.2, 0.25) is 0 Å². The van der Waals surface area contributed by atoms with E-state index in [4.69, 9.17) is 0 Å². The molecule has 0 saturated carbocycles. The minimum absolute atomic E-state index is 0.0949. The highest BCUT2D eigenvalue weighted by atomic mass is 16.1. The third-order valence-corrected chi connectivity index (χ3v) is 1.88. The van der Waals surface area contributed by atoms with Gasteiger partial charge in [0.1, 0.15) is 6.29 Å². The van der Waals surface area contributed by atoms with E-state index in [-0.39, 0.29) is 6.04 Å². The first-order valence-electron chi connectivity index (χ1n) is 3.11. The predicted octanol–water partition coefficient (Wildman–Crippen LogP) is 0.793. The number of allylic oxidation sites excluding steroid dienone is 1. The van der Waals surface area contributed by atoms with Crippen molar-refractivity contribution in [3.8, 4) is 0 Å². The van der Waals surface area contributed by atoms with Crippen molar-refractivity contribution in [2.45, 2.75) is 18.9 Å². The van der Waals surface area contributed by atoms with Gasteiger partial charge in [-0.2, -0.15) is 0 Å². The van der Waals surface area contributed by atoms with E-state index in [1.54, 1.807) is 0 Å². The average Bonchev–Trinajstić information content (AvgIpc) is 2.15. The van der Waals surface area contributed by atoms with Gasteiger partial charge in [0.05, 0.1) is 6.04 Å². The van der Waals surface area contributed by atoms with E-state index in [0.29, 0.717) is 0 Å². The fraction of sp³-hybridized carbons (Fsp3) is 0.571. The summed E-state index contributed by atoms with van der Waals surface area (Å²) in [5.41, 5.74) is 1.08. The molecule has 1 unspecified atom stereocenters. The second kappa shape index (κ2) is 2.21. The van der Waals surface area contributed by atoms with Gasteiger partial charge < -0.3 is 9.69 Å². The summed E-state index contributed by atoms with van der Waals surface area (Å²) in [7, 11) is 1.91. The van der Waals surface area contributed by atoms with E-state index in [9.17, 15) is 4.79 Å². The molecular formula is C7H11NO. The van der Waals surface area contributed by atoms with Crippen LogP contribution < -0.4 is 0 Å². The average molecular weight is 125 g/mol. The van der Waals surface area contributed by atoms with Crippen LogP contribution in [0.4, 0.5) is 0 Å². The van der Waals surface area contributed by atoms with Crippen molar-refractivity contribution in [2.24, 2.45) is 0 Å². The number of carbonyl (C=O) groups is 1. The quantitative estimate of drug-likeness (QED) is 0.483. The highest BCUT2D eigenvalue weighted by molar-refractivity contribution is 5.59. The molecule has 0 N–H and O–H groups in total. The highest BCUT2D eigenvalue weighted by Gasteiger charge is 2.21. The number of aldehydes is 1. The molecule has 1 heterocycles. The molecule has 0 amide bonds. The Morgan fingerprint density at radius 3 is 2.78 bits per heavy atom. The fourth-order valence-corrected chi connectivity index (χ4v) is 1.08. The molecule has 9 heavy (non-hydrogen) atoms. The van der Waals surface area contributed by atoms with Crippen LogP contribution in [0.2, 0.25) is 0 Å². The third-order valence-electron chi connectivity index (χ3n) is 1.88. The Kier molecular flexibility index (Phi) is 1.56. The van der Waals surface area contributed by atoms with Crippen molar-refractivity contribution in [3.63, 3.8) is 0 Å². The van der Waals surface area contributed by atoms with Crippen molar-refractivity contribution in [2.75, 3.05) is 7.05 Å². The van der Waals surface area contributed by atoms with Crippen molar-refractivity contribution in [3.05, 3.63) is 12.3 Å². The normalized spacial score (nSPS) is 27.0. The first kappa shape index (κ1) is 6.33. The minimum atomic E-state index is 0.0949. The summed E-state index contributed by atoms with van der Waals surface area (Å²) in [5, 5.41) is 0. The van der Waals surface area contributed by atoms with E-state index in [2.05, 4.69) is 6.58 Å². The van der Waals surface area contributed by atoms with E-state index in [1.807, 2.05) is 11.9 Å². The van der Waals surface area contributed by atoms with Crippen LogP contribution in [-0.2, 0) is 4.79 Å². The molecule has 1 aliphatic heterocycles. The highest BCUT2D eigenvalue weighted by Crippen LogP contribution is 2.21. The van der Waals surface area contributed by atoms with E-state index in [0.717, 1.165) is 24.8 Å². The van der Waals surface area contributed by atoms with Crippen LogP contribution in [0.3, 0.4) is 0 Å². The predicted molar refractivity (Wildman–Crippen MR) is 36.0 cm³/mol. The number of carbonyl (C=O) groups excluding carboxylic acids is 1. The molecule has 1 saturated heterocycles. The summed E-state index contributed by atoms with van der Waals surface area (Å²) >= 11 is 0. The SMILES string of the molecule is C=C1CCC(C=O)N1C. The zero-order chi connectivity index (χ0) is 6.85. The lowest BCUT2D eigenvalue weighted by atomic mass is 10.2. The fourth-order valence-electron chi connectivity index (χ4n) is 1.08. The number of hydrogen-bond donors (Lipinski definition) is 0. The molecule has 2 heteroatoms. The summed E-state index contributed by atoms with van der Waals surface area (Å²) in [5.74, 6) is 0.